The zero-order valence-electron chi connectivity index (χ0n) is 13.0. The quantitative estimate of drug-likeness (QED) is 0.553. The molecule has 0 saturated carbocycles. The highest BCUT2D eigenvalue weighted by molar-refractivity contribution is 6.31. The van der Waals surface area contributed by atoms with E-state index in [1.54, 1.807) is 18.6 Å². The van der Waals surface area contributed by atoms with Gasteiger partial charge in [-0.1, -0.05) is 23.7 Å². The van der Waals surface area contributed by atoms with Crippen LogP contribution < -0.4 is 5.32 Å². The number of aryl methyl sites for hydroxylation is 1. The number of fused-ring (bicyclic) bond motifs is 1. The normalized spacial score (nSPS) is 11.2. The van der Waals surface area contributed by atoms with E-state index < -0.39 is 0 Å². The highest BCUT2D eigenvalue weighted by Crippen LogP contribution is 2.18. The molecule has 0 aliphatic carbocycles. The fraction of sp³-hybridized carbons (Fsp3) is 0.167. The first-order valence-electron chi connectivity index (χ1n) is 7.69. The summed E-state index contributed by atoms with van der Waals surface area (Å²) in [6, 6.07) is 9.40. The van der Waals surface area contributed by atoms with Crippen molar-refractivity contribution in [3.8, 4) is 0 Å². The molecule has 3 rings (SSSR count). The number of pyridine rings is 1. The molecule has 1 amide bonds. The molecule has 0 saturated heterocycles. The Morgan fingerprint density at radius 3 is 3.00 bits per heavy atom. The van der Waals surface area contributed by atoms with E-state index in [1.807, 2.05) is 41.1 Å². The Balaban J connectivity index is 1.52. The van der Waals surface area contributed by atoms with E-state index in [0.29, 0.717) is 11.6 Å². The van der Waals surface area contributed by atoms with Gasteiger partial charge >= 0.3 is 0 Å². The number of hydrogen-bond acceptors (Lipinski definition) is 3. The molecule has 0 radical (unpaired) electrons. The van der Waals surface area contributed by atoms with Crippen LogP contribution in [0.25, 0.3) is 17.0 Å². The maximum atomic E-state index is 11.8. The molecule has 1 N–H and O–H groups in total. The molecule has 0 atom stereocenters. The molecule has 2 aromatic heterocycles. The van der Waals surface area contributed by atoms with E-state index in [-0.39, 0.29) is 5.91 Å². The van der Waals surface area contributed by atoms with E-state index in [1.165, 1.54) is 6.08 Å². The summed E-state index contributed by atoms with van der Waals surface area (Å²) >= 11 is 5.98. The van der Waals surface area contributed by atoms with Crippen LogP contribution in [-0.4, -0.2) is 27.0 Å². The minimum Gasteiger partial charge on any atom is -0.352 e. The van der Waals surface area contributed by atoms with Crippen molar-refractivity contribution < 1.29 is 4.79 Å². The van der Waals surface area contributed by atoms with Crippen LogP contribution in [0.5, 0.6) is 0 Å². The molecule has 6 heteroatoms. The van der Waals surface area contributed by atoms with E-state index in [9.17, 15) is 4.79 Å². The Morgan fingerprint density at radius 1 is 1.29 bits per heavy atom. The molecule has 2 heterocycles. The first-order chi connectivity index (χ1) is 11.7. The number of aromatic nitrogens is 3. The first-order valence-corrected chi connectivity index (χ1v) is 8.06. The lowest BCUT2D eigenvalue weighted by Crippen LogP contribution is -2.23. The number of carbonyl (C=O) groups is 1. The van der Waals surface area contributed by atoms with Gasteiger partial charge in [-0.15, -0.1) is 0 Å². The van der Waals surface area contributed by atoms with Crippen molar-refractivity contribution in [3.05, 3.63) is 65.8 Å². The molecule has 0 aliphatic heterocycles. The van der Waals surface area contributed by atoms with Gasteiger partial charge in [-0.05, 0) is 30.7 Å². The molecule has 0 aliphatic rings. The van der Waals surface area contributed by atoms with Crippen LogP contribution in [0.2, 0.25) is 5.02 Å². The average molecular weight is 341 g/mol. The molecule has 0 unspecified atom stereocenters. The van der Waals surface area contributed by atoms with Crippen LogP contribution in [0.15, 0.2) is 55.1 Å². The van der Waals surface area contributed by atoms with Crippen molar-refractivity contribution in [2.45, 2.75) is 13.0 Å². The highest BCUT2D eigenvalue weighted by atomic mass is 35.5. The third kappa shape index (κ3) is 4.43. The number of nitrogens with zero attached hydrogens (tertiary/aromatic N) is 3. The molecule has 24 heavy (non-hydrogen) atoms. The van der Waals surface area contributed by atoms with Gasteiger partial charge in [-0.25, -0.2) is 9.97 Å². The second-order valence-corrected chi connectivity index (χ2v) is 5.79. The monoisotopic (exact) mass is 340 g/mol. The highest BCUT2D eigenvalue weighted by Gasteiger charge is 1.99. The third-order valence-electron chi connectivity index (χ3n) is 3.53. The van der Waals surface area contributed by atoms with Crippen molar-refractivity contribution in [2.75, 3.05) is 6.54 Å². The summed E-state index contributed by atoms with van der Waals surface area (Å²) in [6.45, 7) is 1.44. The van der Waals surface area contributed by atoms with Crippen molar-refractivity contribution in [1.29, 1.82) is 0 Å². The van der Waals surface area contributed by atoms with Crippen molar-refractivity contribution in [3.63, 3.8) is 0 Å². The van der Waals surface area contributed by atoms with Gasteiger partial charge in [0.05, 0.1) is 17.5 Å². The predicted molar refractivity (Wildman–Crippen MR) is 95.6 cm³/mol. The first kappa shape index (κ1) is 16.2. The van der Waals surface area contributed by atoms with E-state index >= 15 is 0 Å². The largest absolute Gasteiger partial charge is 0.352 e. The van der Waals surface area contributed by atoms with Gasteiger partial charge in [-0.2, -0.15) is 0 Å². The fourth-order valence-electron chi connectivity index (χ4n) is 2.31. The van der Waals surface area contributed by atoms with Gasteiger partial charge in [-0.3, -0.25) is 4.79 Å². The van der Waals surface area contributed by atoms with Gasteiger partial charge in [0.15, 0.2) is 0 Å². The van der Waals surface area contributed by atoms with Crippen molar-refractivity contribution in [2.24, 2.45) is 0 Å². The van der Waals surface area contributed by atoms with Crippen LogP contribution >= 0.6 is 11.6 Å². The molecular formula is C18H17ClN4O. The van der Waals surface area contributed by atoms with Crippen LogP contribution in [0.4, 0.5) is 0 Å². The maximum absolute atomic E-state index is 11.8. The number of imidazole rings is 1. The van der Waals surface area contributed by atoms with Crippen LogP contribution in [0.1, 0.15) is 12.1 Å². The van der Waals surface area contributed by atoms with E-state index in [0.717, 1.165) is 29.6 Å². The van der Waals surface area contributed by atoms with Gasteiger partial charge in [0.25, 0.3) is 0 Å². The van der Waals surface area contributed by atoms with Crippen molar-refractivity contribution in [1.82, 2.24) is 19.9 Å². The molecule has 3 aromatic rings. The Labute approximate surface area is 145 Å². The lowest BCUT2D eigenvalue weighted by atomic mass is 10.2. The topological polar surface area (TPSA) is 59.8 Å². The van der Waals surface area contributed by atoms with E-state index in [4.69, 9.17) is 11.6 Å². The standard InChI is InChI=1S/C18H17ClN4O/c19-15-4-2-14-3-5-16(22-17(14)12-15)6-7-18(24)21-8-1-10-23-11-9-20-13-23/h2-7,9,11-13H,1,8,10H2,(H,21,24). The smallest absolute Gasteiger partial charge is 0.244 e. The summed E-state index contributed by atoms with van der Waals surface area (Å²) in [4.78, 5) is 20.3. The number of halogens is 1. The minimum atomic E-state index is -0.131. The van der Waals surface area contributed by atoms with Crippen LogP contribution in [0, 0.1) is 0 Å². The predicted octanol–water partition coefficient (Wildman–Crippen LogP) is 3.30. The van der Waals surface area contributed by atoms with E-state index in [2.05, 4.69) is 15.3 Å². The maximum Gasteiger partial charge on any atom is 0.244 e. The molecule has 0 fully saturated rings. The lowest BCUT2D eigenvalue weighted by molar-refractivity contribution is -0.116. The Morgan fingerprint density at radius 2 is 2.17 bits per heavy atom. The minimum absolute atomic E-state index is 0.131. The molecular weight excluding hydrogens is 324 g/mol. The number of rotatable bonds is 6. The second kappa shape index (κ2) is 7.75. The summed E-state index contributed by atoms with van der Waals surface area (Å²) in [5.74, 6) is -0.131. The number of carbonyl (C=O) groups excluding carboxylic acids is 1. The van der Waals surface area contributed by atoms with Gasteiger partial charge in [0.1, 0.15) is 0 Å². The second-order valence-electron chi connectivity index (χ2n) is 5.35. The van der Waals surface area contributed by atoms with Gasteiger partial charge < -0.3 is 9.88 Å². The van der Waals surface area contributed by atoms with Crippen LogP contribution in [-0.2, 0) is 11.3 Å². The number of benzene rings is 1. The summed E-state index contributed by atoms with van der Waals surface area (Å²) in [5.41, 5.74) is 1.53. The lowest BCUT2D eigenvalue weighted by Gasteiger charge is -2.03. The number of nitrogens with one attached hydrogen (secondary N) is 1. The zero-order chi connectivity index (χ0) is 16.8. The fourth-order valence-corrected chi connectivity index (χ4v) is 2.48. The summed E-state index contributed by atoms with van der Waals surface area (Å²) in [7, 11) is 0. The number of amides is 1. The Hall–Kier alpha value is -2.66. The van der Waals surface area contributed by atoms with Gasteiger partial charge in [0, 0.05) is 42.0 Å². The summed E-state index contributed by atoms with van der Waals surface area (Å²) in [6.07, 6.45) is 9.45. The molecule has 1 aromatic carbocycles. The average Bonchev–Trinajstić information content (AvgIpc) is 3.10. The molecule has 5 nitrogen and oxygen atoms in total. The zero-order valence-corrected chi connectivity index (χ0v) is 13.8. The third-order valence-corrected chi connectivity index (χ3v) is 3.77. The Bertz CT molecular complexity index is 859. The Kier molecular flexibility index (Phi) is 5.23. The molecule has 0 bridgehead atoms. The SMILES string of the molecule is O=C(C=Cc1ccc2ccc(Cl)cc2n1)NCCCn1ccnc1. The summed E-state index contributed by atoms with van der Waals surface area (Å²) < 4.78 is 1.98. The van der Waals surface area contributed by atoms with Crippen molar-refractivity contribution >= 4 is 34.5 Å². The molecule has 0 spiro atoms. The van der Waals surface area contributed by atoms with Crippen LogP contribution in [0.3, 0.4) is 0 Å². The van der Waals surface area contributed by atoms with Gasteiger partial charge in [0.2, 0.25) is 5.91 Å². The number of hydrogen-bond donors (Lipinski definition) is 1. The molecule has 122 valence electrons. The summed E-state index contributed by atoms with van der Waals surface area (Å²) in [5, 5.41) is 4.51.